The highest BCUT2D eigenvalue weighted by molar-refractivity contribution is 5.46. The zero-order chi connectivity index (χ0) is 16.0. The van der Waals surface area contributed by atoms with Crippen molar-refractivity contribution in [2.24, 2.45) is 22.7 Å². The van der Waals surface area contributed by atoms with Crippen molar-refractivity contribution < 1.29 is 10.2 Å². The molecule has 124 valence electrons. The van der Waals surface area contributed by atoms with E-state index in [9.17, 15) is 10.2 Å². The van der Waals surface area contributed by atoms with Gasteiger partial charge in [-0.3, -0.25) is 0 Å². The van der Waals surface area contributed by atoms with Crippen LogP contribution in [-0.2, 0) is 6.42 Å². The second-order valence-electron chi connectivity index (χ2n) is 9.06. The topological polar surface area (TPSA) is 40.5 Å². The van der Waals surface area contributed by atoms with Crippen molar-refractivity contribution >= 4 is 0 Å². The van der Waals surface area contributed by atoms with E-state index in [0.29, 0.717) is 23.5 Å². The van der Waals surface area contributed by atoms with E-state index in [1.54, 1.807) is 0 Å². The standard InChI is InChI=1S/C21H28O2/c1-3-8-20-12-13-11-14(22)4-5-15(13)16-6-9-19(2)17(18(16)20)7-10-21(19,20)23/h4-5,11,16-18,22-23H,3,6-10,12H2,1-2H3/t16-,17?,18?,19+,20?,21?/m1/s1. The molecule has 0 radical (unpaired) electrons. The van der Waals surface area contributed by atoms with E-state index in [2.05, 4.69) is 19.9 Å². The summed E-state index contributed by atoms with van der Waals surface area (Å²) >= 11 is 0. The maximum absolute atomic E-state index is 12.0. The fourth-order valence-corrected chi connectivity index (χ4v) is 7.99. The molecular formula is C21H28O2. The number of aromatic hydroxyl groups is 1. The summed E-state index contributed by atoms with van der Waals surface area (Å²) in [5.41, 5.74) is 2.44. The van der Waals surface area contributed by atoms with Crippen molar-refractivity contribution in [2.45, 2.75) is 70.3 Å². The quantitative estimate of drug-likeness (QED) is 0.850. The van der Waals surface area contributed by atoms with Crippen molar-refractivity contribution in [3.63, 3.8) is 0 Å². The lowest BCUT2D eigenvalue weighted by molar-refractivity contribution is -0.135. The van der Waals surface area contributed by atoms with Gasteiger partial charge in [0.1, 0.15) is 5.75 Å². The second kappa shape index (κ2) is 4.14. The molecule has 0 heterocycles. The zero-order valence-electron chi connectivity index (χ0n) is 14.3. The summed E-state index contributed by atoms with van der Waals surface area (Å²) < 4.78 is 0. The predicted molar refractivity (Wildman–Crippen MR) is 90.4 cm³/mol. The Morgan fingerprint density at radius 1 is 1.22 bits per heavy atom. The molecule has 4 bridgehead atoms. The van der Waals surface area contributed by atoms with Crippen LogP contribution in [0.5, 0.6) is 5.75 Å². The van der Waals surface area contributed by atoms with Crippen LogP contribution in [0.4, 0.5) is 0 Å². The van der Waals surface area contributed by atoms with Gasteiger partial charge in [0.05, 0.1) is 5.60 Å². The Balaban J connectivity index is 1.77. The van der Waals surface area contributed by atoms with Gasteiger partial charge in [-0.05, 0) is 79.5 Å². The first-order chi connectivity index (χ1) is 11.0. The molecule has 0 spiro atoms. The molecule has 1 aromatic carbocycles. The lowest BCUT2D eigenvalue weighted by Crippen LogP contribution is -2.55. The third kappa shape index (κ3) is 1.34. The first-order valence-corrected chi connectivity index (χ1v) is 9.51. The molecule has 1 aromatic rings. The molecule has 6 atom stereocenters. The molecule has 4 aliphatic rings. The van der Waals surface area contributed by atoms with Crippen molar-refractivity contribution in [3.05, 3.63) is 29.3 Å². The summed E-state index contributed by atoms with van der Waals surface area (Å²) in [5, 5.41) is 22.0. The molecule has 0 amide bonds. The molecule has 5 rings (SSSR count). The van der Waals surface area contributed by atoms with Gasteiger partial charge in [0.2, 0.25) is 0 Å². The Kier molecular flexibility index (Phi) is 2.58. The Bertz CT molecular complexity index is 682. The Labute approximate surface area is 138 Å². The Morgan fingerprint density at radius 3 is 2.83 bits per heavy atom. The predicted octanol–water partition coefficient (Wildman–Crippen LogP) is 4.39. The molecule has 3 saturated carbocycles. The Morgan fingerprint density at radius 2 is 2.04 bits per heavy atom. The summed E-state index contributed by atoms with van der Waals surface area (Å²) in [6, 6.07) is 6.01. The van der Waals surface area contributed by atoms with E-state index in [1.165, 1.54) is 30.4 Å². The van der Waals surface area contributed by atoms with Crippen molar-refractivity contribution in [2.75, 3.05) is 0 Å². The van der Waals surface area contributed by atoms with Crippen LogP contribution in [0.1, 0.15) is 69.4 Å². The highest BCUT2D eigenvalue weighted by Gasteiger charge is 2.79. The minimum atomic E-state index is -0.497. The lowest BCUT2D eigenvalue weighted by Gasteiger charge is -2.54. The van der Waals surface area contributed by atoms with Crippen LogP contribution in [0.3, 0.4) is 0 Å². The van der Waals surface area contributed by atoms with Crippen LogP contribution in [0.2, 0.25) is 0 Å². The fourth-order valence-electron chi connectivity index (χ4n) is 7.99. The number of benzene rings is 1. The van der Waals surface area contributed by atoms with Crippen LogP contribution in [-0.4, -0.2) is 15.8 Å². The van der Waals surface area contributed by atoms with Gasteiger partial charge < -0.3 is 10.2 Å². The average Bonchev–Trinajstić information content (AvgIpc) is 2.85. The maximum atomic E-state index is 12.0. The molecule has 4 unspecified atom stereocenters. The number of hydrogen-bond acceptors (Lipinski definition) is 2. The maximum Gasteiger partial charge on any atom is 0.115 e. The van der Waals surface area contributed by atoms with Gasteiger partial charge >= 0.3 is 0 Å². The average molecular weight is 312 g/mol. The molecule has 0 saturated heterocycles. The smallest absolute Gasteiger partial charge is 0.115 e. The number of aliphatic hydroxyl groups is 1. The van der Waals surface area contributed by atoms with Gasteiger partial charge in [0, 0.05) is 10.8 Å². The van der Waals surface area contributed by atoms with Gasteiger partial charge in [-0.2, -0.15) is 0 Å². The summed E-state index contributed by atoms with van der Waals surface area (Å²) in [6.45, 7) is 4.65. The van der Waals surface area contributed by atoms with Crippen LogP contribution in [0, 0.1) is 22.7 Å². The Hall–Kier alpha value is -1.02. The number of fused-ring (bicyclic) bond motifs is 3. The monoisotopic (exact) mass is 312 g/mol. The highest BCUT2D eigenvalue weighted by atomic mass is 16.3. The molecular weight excluding hydrogens is 284 g/mol. The van der Waals surface area contributed by atoms with Gasteiger partial charge in [-0.15, -0.1) is 0 Å². The number of phenolic OH excluding ortho intramolecular Hbond substituents is 1. The molecule has 4 aliphatic carbocycles. The summed E-state index contributed by atoms with van der Waals surface area (Å²) in [6.07, 6.45) is 7.82. The van der Waals surface area contributed by atoms with E-state index in [1.807, 2.05) is 12.1 Å². The van der Waals surface area contributed by atoms with Crippen LogP contribution in [0.25, 0.3) is 0 Å². The first kappa shape index (κ1) is 14.3. The van der Waals surface area contributed by atoms with Crippen molar-refractivity contribution in [3.8, 4) is 5.75 Å². The molecule has 0 aromatic heterocycles. The highest BCUT2D eigenvalue weighted by Crippen LogP contribution is 2.80. The van der Waals surface area contributed by atoms with Crippen LogP contribution >= 0.6 is 0 Å². The van der Waals surface area contributed by atoms with E-state index in [-0.39, 0.29) is 10.8 Å². The number of rotatable bonds is 2. The number of phenols is 1. The summed E-state index contributed by atoms with van der Waals surface area (Å²) in [5.74, 6) is 2.32. The molecule has 2 heteroatoms. The molecule has 23 heavy (non-hydrogen) atoms. The molecule has 2 nitrogen and oxygen atoms in total. The van der Waals surface area contributed by atoms with Crippen molar-refractivity contribution in [1.29, 1.82) is 0 Å². The zero-order valence-corrected chi connectivity index (χ0v) is 14.3. The number of hydrogen-bond donors (Lipinski definition) is 2. The van der Waals surface area contributed by atoms with Crippen LogP contribution < -0.4 is 0 Å². The summed E-state index contributed by atoms with van der Waals surface area (Å²) in [4.78, 5) is 0. The second-order valence-corrected chi connectivity index (χ2v) is 9.06. The SMILES string of the molecule is CCCC12Cc3cc(O)ccc3[C@H]3CC[C@@]4(C)C(CCC14O)C32. The normalized spacial score (nSPS) is 49.3. The first-order valence-electron chi connectivity index (χ1n) is 9.51. The lowest BCUT2D eigenvalue weighted by atomic mass is 9.51. The minimum absolute atomic E-state index is 0.0430. The molecule has 2 N–H and O–H groups in total. The fraction of sp³-hybridized carbons (Fsp3) is 0.714. The third-order valence-electron chi connectivity index (χ3n) is 8.61. The molecule has 3 fully saturated rings. The van der Waals surface area contributed by atoms with Gasteiger partial charge in [-0.1, -0.05) is 26.3 Å². The van der Waals surface area contributed by atoms with Crippen molar-refractivity contribution in [1.82, 2.24) is 0 Å². The van der Waals surface area contributed by atoms with E-state index in [4.69, 9.17) is 0 Å². The minimum Gasteiger partial charge on any atom is -0.508 e. The van der Waals surface area contributed by atoms with Gasteiger partial charge in [0.15, 0.2) is 0 Å². The van der Waals surface area contributed by atoms with E-state index < -0.39 is 5.60 Å². The third-order valence-corrected chi connectivity index (χ3v) is 8.61. The van der Waals surface area contributed by atoms with Gasteiger partial charge in [-0.25, -0.2) is 0 Å². The van der Waals surface area contributed by atoms with E-state index in [0.717, 1.165) is 25.7 Å². The summed E-state index contributed by atoms with van der Waals surface area (Å²) in [7, 11) is 0. The largest absolute Gasteiger partial charge is 0.508 e. The van der Waals surface area contributed by atoms with E-state index >= 15 is 0 Å². The molecule has 0 aliphatic heterocycles. The van der Waals surface area contributed by atoms with Crippen LogP contribution in [0.15, 0.2) is 18.2 Å². The van der Waals surface area contributed by atoms with Gasteiger partial charge in [0.25, 0.3) is 0 Å².